The van der Waals surface area contributed by atoms with Crippen molar-refractivity contribution in [1.82, 2.24) is 0 Å². The Bertz CT molecular complexity index is 769. The van der Waals surface area contributed by atoms with E-state index in [1.165, 1.54) is 6.92 Å². The molecule has 1 saturated heterocycles. The minimum Gasteiger partial charge on any atom is -0.450 e. The summed E-state index contributed by atoms with van der Waals surface area (Å²) in [5.74, 6) is -5.20. The summed E-state index contributed by atoms with van der Waals surface area (Å²) < 4.78 is 11.1. The van der Waals surface area contributed by atoms with Gasteiger partial charge >= 0.3 is 5.97 Å². The molecule has 3 heterocycles. The number of hydrogen-bond donors (Lipinski definition) is 1. The smallest absolute Gasteiger partial charge is 0.334 e. The summed E-state index contributed by atoms with van der Waals surface area (Å²) in [4.78, 5) is 38.2. The van der Waals surface area contributed by atoms with Crippen molar-refractivity contribution in [2.75, 3.05) is 0 Å². The quantitative estimate of drug-likeness (QED) is 0.437. The Morgan fingerprint density at radius 3 is 2.50 bits per heavy atom. The van der Waals surface area contributed by atoms with Gasteiger partial charge in [0.05, 0.1) is 5.92 Å². The summed E-state index contributed by atoms with van der Waals surface area (Å²) in [6, 6.07) is 0. The van der Waals surface area contributed by atoms with Gasteiger partial charge in [-0.3, -0.25) is 9.59 Å². The van der Waals surface area contributed by atoms with Crippen LogP contribution in [0.15, 0.2) is 34.9 Å². The van der Waals surface area contributed by atoms with E-state index in [4.69, 9.17) is 9.47 Å². The van der Waals surface area contributed by atoms with Crippen LogP contribution in [-0.2, 0) is 23.9 Å². The summed E-state index contributed by atoms with van der Waals surface area (Å²) in [5, 5.41) is 11.0. The minimum absolute atomic E-state index is 0.157. The number of Topliss-reactive ketones (excluding diaryl/α,β-unsaturated/α-hetero) is 2. The van der Waals surface area contributed by atoms with Crippen molar-refractivity contribution in [3.63, 3.8) is 0 Å². The molecule has 1 fully saturated rings. The molecule has 3 aliphatic heterocycles. The van der Waals surface area contributed by atoms with Gasteiger partial charge in [-0.2, -0.15) is 0 Å². The summed E-state index contributed by atoms with van der Waals surface area (Å²) in [6.45, 7) is 10.6. The molecule has 6 nitrogen and oxygen atoms in total. The van der Waals surface area contributed by atoms with Crippen molar-refractivity contribution < 1.29 is 29.0 Å². The lowest BCUT2D eigenvalue weighted by Crippen LogP contribution is -2.47. The molecule has 1 N–H and O–H groups in total. The van der Waals surface area contributed by atoms with Crippen LogP contribution < -0.4 is 0 Å². The number of hydrogen-bond acceptors (Lipinski definition) is 6. The number of carbonyl (C=O) groups excluding carboxylic acids is 3. The lowest BCUT2D eigenvalue weighted by Gasteiger charge is -2.29. The topological polar surface area (TPSA) is 89.9 Å². The normalized spacial score (nSPS) is 37.2. The van der Waals surface area contributed by atoms with Gasteiger partial charge in [-0.15, -0.1) is 0 Å². The number of ether oxygens (including phenoxy) is 2. The van der Waals surface area contributed by atoms with Crippen LogP contribution in [-0.4, -0.2) is 40.6 Å². The maximum Gasteiger partial charge on any atom is 0.334 e. The van der Waals surface area contributed by atoms with E-state index in [9.17, 15) is 19.5 Å². The van der Waals surface area contributed by atoms with Gasteiger partial charge in [-0.05, 0) is 46.6 Å². The highest BCUT2D eigenvalue weighted by Gasteiger charge is 2.59. The monoisotopic (exact) mass is 360 g/mol. The van der Waals surface area contributed by atoms with Gasteiger partial charge in [0.1, 0.15) is 12.2 Å². The molecule has 140 valence electrons. The van der Waals surface area contributed by atoms with E-state index >= 15 is 0 Å². The number of rotatable bonds is 1. The zero-order chi connectivity index (χ0) is 19.4. The molecular formula is C20H24O6. The summed E-state index contributed by atoms with van der Waals surface area (Å²) in [5.41, 5.74) is 1.93. The third-order valence-electron chi connectivity index (χ3n) is 5.57. The molecule has 3 aliphatic rings. The van der Waals surface area contributed by atoms with Crippen molar-refractivity contribution in [1.29, 1.82) is 0 Å². The van der Waals surface area contributed by atoms with Crippen LogP contribution in [0.2, 0.25) is 0 Å². The van der Waals surface area contributed by atoms with Crippen molar-refractivity contribution in [3.05, 3.63) is 34.9 Å². The molecule has 0 amide bonds. The van der Waals surface area contributed by atoms with E-state index in [1.807, 2.05) is 0 Å². The molecule has 5 unspecified atom stereocenters. The fraction of sp³-hybridized carbons (Fsp3) is 0.550. The largest absolute Gasteiger partial charge is 0.450 e. The Labute approximate surface area is 152 Å². The maximum atomic E-state index is 13.2. The van der Waals surface area contributed by atoms with Gasteiger partial charge in [0.25, 0.3) is 0 Å². The highest BCUT2D eigenvalue weighted by molar-refractivity contribution is 6.08. The van der Waals surface area contributed by atoms with Gasteiger partial charge in [0.2, 0.25) is 11.6 Å². The van der Waals surface area contributed by atoms with E-state index < -0.39 is 41.6 Å². The first-order valence-electron chi connectivity index (χ1n) is 8.81. The van der Waals surface area contributed by atoms with Gasteiger partial charge in [-0.1, -0.05) is 17.7 Å². The Balaban J connectivity index is 2.16. The van der Waals surface area contributed by atoms with E-state index in [-0.39, 0.29) is 11.4 Å². The van der Waals surface area contributed by atoms with Crippen molar-refractivity contribution in [2.24, 2.45) is 11.8 Å². The lowest BCUT2D eigenvalue weighted by atomic mass is 9.82. The van der Waals surface area contributed by atoms with E-state index in [1.54, 1.807) is 26.8 Å². The molecule has 0 saturated carbocycles. The summed E-state index contributed by atoms with van der Waals surface area (Å²) >= 11 is 0. The zero-order valence-electron chi connectivity index (χ0n) is 15.5. The van der Waals surface area contributed by atoms with E-state index in [0.717, 1.165) is 0 Å². The Hall–Kier alpha value is -2.05. The zero-order valence-corrected chi connectivity index (χ0v) is 15.5. The first-order chi connectivity index (χ1) is 12.1. The molecule has 0 radical (unpaired) electrons. The molecule has 0 aromatic carbocycles. The minimum atomic E-state index is -2.27. The fourth-order valence-electron chi connectivity index (χ4n) is 3.93. The van der Waals surface area contributed by atoms with Crippen LogP contribution in [0.3, 0.4) is 0 Å². The third kappa shape index (κ3) is 2.68. The van der Waals surface area contributed by atoms with Crippen LogP contribution in [0.4, 0.5) is 0 Å². The Kier molecular flexibility index (Phi) is 4.53. The molecule has 26 heavy (non-hydrogen) atoms. The molecule has 5 atom stereocenters. The fourth-order valence-corrected chi connectivity index (χ4v) is 3.93. The SMILES string of the molecule is C=C(C)C1CCC2=CC(OC2=O)C(=C(C)C)C(=O)C2(O)OC1C(=O)C2C. The predicted octanol–water partition coefficient (Wildman–Crippen LogP) is 2.02. The van der Waals surface area contributed by atoms with E-state index in [2.05, 4.69) is 6.58 Å². The number of esters is 1. The van der Waals surface area contributed by atoms with Gasteiger partial charge in [0.15, 0.2) is 5.78 Å². The maximum absolute atomic E-state index is 13.2. The van der Waals surface area contributed by atoms with Gasteiger partial charge in [0, 0.05) is 17.1 Å². The standard InChI is InChI=1S/C20H24O6/c1-9(2)13-7-6-12-8-14(25-19(12)23)15(10(3)4)18(22)20(24)11(5)16(21)17(13)26-20/h8,11,13-14,17,24H,1,6-7H2,2-5H3. The molecule has 0 aliphatic carbocycles. The van der Waals surface area contributed by atoms with Crippen LogP contribution in [0.25, 0.3) is 0 Å². The average molecular weight is 360 g/mol. The molecule has 3 rings (SSSR count). The van der Waals surface area contributed by atoms with Crippen LogP contribution in [0, 0.1) is 11.8 Å². The highest BCUT2D eigenvalue weighted by Crippen LogP contribution is 2.42. The Morgan fingerprint density at radius 2 is 1.92 bits per heavy atom. The van der Waals surface area contributed by atoms with Crippen LogP contribution in [0.1, 0.15) is 40.5 Å². The third-order valence-corrected chi connectivity index (χ3v) is 5.57. The van der Waals surface area contributed by atoms with Crippen molar-refractivity contribution >= 4 is 17.5 Å². The second-order valence-corrected chi connectivity index (χ2v) is 7.61. The first kappa shape index (κ1) is 18.7. The van der Waals surface area contributed by atoms with Crippen LogP contribution >= 0.6 is 0 Å². The van der Waals surface area contributed by atoms with Crippen molar-refractivity contribution in [2.45, 2.75) is 58.5 Å². The van der Waals surface area contributed by atoms with Gasteiger partial charge in [-0.25, -0.2) is 4.79 Å². The number of ketones is 2. The molecular weight excluding hydrogens is 336 g/mol. The highest BCUT2D eigenvalue weighted by atomic mass is 16.6. The first-order valence-corrected chi connectivity index (χ1v) is 8.81. The number of allylic oxidation sites excluding steroid dienone is 1. The second-order valence-electron chi connectivity index (χ2n) is 7.61. The molecule has 4 bridgehead atoms. The molecule has 0 spiro atoms. The summed E-state index contributed by atoms with van der Waals surface area (Å²) in [7, 11) is 0. The molecule has 6 heteroatoms. The number of fused-ring (bicyclic) bond motifs is 3. The predicted molar refractivity (Wildman–Crippen MR) is 92.9 cm³/mol. The molecule has 0 aromatic heterocycles. The summed E-state index contributed by atoms with van der Waals surface area (Å²) in [6.07, 6.45) is 0.637. The number of aliphatic hydroxyl groups is 1. The molecule has 0 aromatic rings. The second kappa shape index (κ2) is 6.28. The van der Waals surface area contributed by atoms with Crippen molar-refractivity contribution in [3.8, 4) is 0 Å². The van der Waals surface area contributed by atoms with Crippen LogP contribution in [0.5, 0.6) is 0 Å². The lowest BCUT2D eigenvalue weighted by molar-refractivity contribution is -0.210. The number of carbonyl (C=O) groups is 3. The van der Waals surface area contributed by atoms with E-state index in [0.29, 0.717) is 29.6 Å². The van der Waals surface area contributed by atoms with Gasteiger partial charge < -0.3 is 14.6 Å². The average Bonchev–Trinajstić information content (AvgIpc) is 3.00. The Morgan fingerprint density at radius 1 is 1.27 bits per heavy atom.